The van der Waals surface area contributed by atoms with Crippen molar-refractivity contribution in [1.29, 1.82) is 0 Å². The fourth-order valence-electron chi connectivity index (χ4n) is 2.14. The molecule has 1 N–H and O–H groups in total. The summed E-state index contributed by atoms with van der Waals surface area (Å²) in [6.07, 6.45) is -10.1. The number of hydrogen-bond acceptors (Lipinski definition) is 2. The van der Waals surface area contributed by atoms with Crippen LogP contribution in [0.3, 0.4) is 0 Å². The van der Waals surface area contributed by atoms with Crippen molar-refractivity contribution < 1.29 is 39.3 Å². The molecule has 0 atom stereocenters. The monoisotopic (exact) mass is 450 g/mol. The fraction of sp³-hybridized carbons (Fsp3) is 0.154. The van der Waals surface area contributed by atoms with Crippen LogP contribution in [0.4, 0.5) is 26.3 Å². The van der Waals surface area contributed by atoms with Gasteiger partial charge < -0.3 is 5.11 Å². The van der Waals surface area contributed by atoms with Crippen molar-refractivity contribution >= 4 is 37.9 Å². The van der Waals surface area contributed by atoms with Crippen molar-refractivity contribution in [2.24, 2.45) is 0 Å². The summed E-state index contributed by atoms with van der Waals surface area (Å²) in [5, 5.41) is 7.68. The second kappa shape index (κ2) is 5.73. The topological polar surface area (TPSA) is 54.4 Å². The summed E-state index contributed by atoms with van der Waals surface area (Å²) in [4.78, 5) is 11.3. The Morgan fingerprint density at radius 1 is 0.957 bits per heavy atom. The van der Waals surface area contributed by atoms with E-state index in [0.717, 1.165) is 12.1 Å². The highest BCUT2D eigenvalue weighted by atomic mass is 127. The SMILES string of the molecule is O=Ic1c(C(F)(F)F)cc2c(C(F)(F)F)cccc2c1C(=O)O. The van der Waals surface area contributed by atoms with Crippen LogP contribution in [0.1, 0.15) is 21.5 Å². The summed E-state index contributed by atoms with van der Waals surface area (Å²) in [5.74, 6) is -1.87. The van der Waals surface area contributed by atoms with Crippen LogP contribution < -0.4 is 0 Å². The van der Waals surface area contributed by atoms with Crippen LogP contribution >= 0.6 is 21.2 Å². The lowest BCUT2D eigenvalue weighted by Crippen LogP contribution is -2.14. The fourth-order valence-corrected chi connectivity index (χ4v) is 3.58. The van der Waals surface area contributed by atoms with E-state index in [1.165, 1.54) is 0 Å². The summed E-state index contributed by atoms with van der Waals surface area (Å²) in [6, 6.07) is 2.60. The standard InChI is InChI=1S/C13H5F6IO3/c14-12(15,16)7-3-1-2-5-6(7)4-8(13(17,18)19)10(20-23)9(5)11(21)22/h1-4H,(H,21,22). The lowest BCUT2D eigenvalue weighted by atomic mass is 9.96. The molecule has 0 aliphatic carbocycles. The van der Waals surface area contributed by atoms with Crippen molar-refractivity contribution in [3.63, 3.8) is 0 Å². The van der Waals surface area contributed by atoms with Gasteiger partial charge in [-0.1, -0.05) is 12.1 Å². The van der Waals surface area contributed by atoms with E-state index in [1.807, 2.05) is 0 Å². The molecule has 0 amide bonds. The first-order valence-corrected chi connectivity index (χ1v) is 7.69. The molecule has 0 saturated heterocycles. The Balaban J connectivity index is 3.10. The number of rotatable bonds is 2. The molecular formula is C13H5F6IO3. The van der Waals surface area contributed by atoms with Crippen LogP contribution in [0.25, 0.3) is 10.8 Å². The van der Waals surface area contributed by atoms with Crippen LogP contribution in [-0.2, 0) is 15.4 Å². The molecule has 124 valence electrons. The van der Waals surface area contributed by atoms with Gasteiger partial charge >= 0.3 is 18.3 Å². The first-order chi connectivity index (χ1) is 10.5. The molecule has 0 heterocycles. The van der Waals surface area contributed by atoms with E-state index < -0.39 is 70.5 Å². The third-order valence-electron chi connectivity index (χ3n) is 3.02. The predicted octanol–water partition coefficient (Wildman–Crippen LogP) is 5.06. The smallest absolute Gasteiger partial charge is 0.417 e. The van der Waals surface area contributed by atoms with Gasteiger partial charge in [-0.25, -0.2) is 4.79 Å². The number of alkyl halides is 6. The van der Waals surface area contributed by atoms with Gasteiger partial charge in [-0.2, -0.15) is 26.3 Å². The largest absolute Gasteiger partial charge is 0.478 e. The minimum Gasteiger partial charge on any atom is -0.478 e. The molecule has 0 aromatic heterocycles. The van der Waals surface area contributed by atoms with Crippen LogP contribution in [0.2, 0.25) is 0 Å². The Morgan fingerprint density at radius 2 is 1.52 bits per heavy atom. The van der Waals surface area contributed by atoms with Gasteiger partial charge in [0.2, 0.25) is 0 Å². The highest BCUT2D eigenvalue weighted by Gasteiger charge is 2.39. The van der Waals surface area contributed by atoms with Crippen molar-refractivity contribution in [3.05, 3.63) is 44.5 Å². The number of fused-ring (bicyclic) bond motifs is 1. The third kappa shape index (κ3) is 3.16. The average Bonchev–Trinajstić information content (AvgIpc) is 2.41. The van der Waals surface area contributed by atoms with Crippen molar-refractivity contribution in [3.8, 4) is 0 Å². The normalized spacial score (nSPS) is 12.6. The van der Waals surface area contributed by atoms with Gasteiger partial charge in [0.1, 0.15) is 0 Å². The number of carboxylic acids is 1. The lowest BCUT2D eigenvalue weighted by molar-refractivity contribution is -0.139. The van der Waals surface area contributed by atoms with E-state index in [4.69, 9.17) is 5.11 Å². The molecule has 0 unspecified atom stereocenters. The molecular weight excluding hydrogens is 445 g/mol. The Morgan fingerprint density at radius 3 is 1.96 bits per heavy atom. The summed E-state index contributed by atoms with van der Waals surface area (Å²) < 4.78 is 88.2. The Kier molecular flexibility index (Phi) is 4.39. The zero-order valence-corrected chi connectivity index (χ0v) is 12.9. The van der Waals surface area contributed by atoms with Crippen LogP contribution in [-0.4, -0.2) is 11.1 Å². The maximum atomic E-state index is 13.0. The van der Waals surface area contributed by atoms with Crippen LogP contribution in [0, 0.1) is 3.57 Å². The van der Waals surface area contributed by atoms with Crippen molar-refractivity contribution in [2.45, 2.75) is 12.4 Å². The molecule has 2 aromatic rings. The van der Waals surface area contributed by atoms with E-state index in [2.05, 4.69) is 0 Å². The van der Waals surface area contributed by atoms with E-state index in [0.29, 0.717) is 6.07 Å². The molecule has 0 fully saturated rings. The van der Waals surface area contributed by atoms with Crippen LogP contribution in [0.5, 0.6) is 0 Å². The van der Waals surface area contributed by atoms with Gasteiger partial charge in [-0.3, -0.25) is 3.07 Å². The molecule has 3 nitrogen and oxygen atoms in total. The van der Waals surface area contributed by atoms with Gasteiger partial charge in [0.15, 0.2) is 21.2 Å². The van der Waals surface area contributed by atoms with Gasteiger partial charge in [0.05, 0.1) is 20.3 Å². The van der Waals surface area contributed by atoms with E-state index in [-0.39, 0.29) is 6.07 Å². The predicted molar refractivity (Wildman–Crippen MR) is 74.3 cm³/mol. The zero-order chi connectivity index (χ0) is 17.6. The van der Waals surface area contributed by atoms with Gasteiger partial charge in [0, 0.05) is 0 Å². The Labute approximate surface area is 134 Å². The number of hydrogen-bond donors (Lipinski definition) is 1. The average molecular weight is 450 g/mol. The molecule has 2 rings (SSSR count). The molecule has 0 saturated carbocycles. The summed E-state index contributed by atoms with van der Waals surface area (Å²) in [5.41, 5.74) is -4.02. The maximum Gasteiger partial charge on any atom is 0.417 e. The van der Waals surface area contributed by atoms with Crippen molar-refractivity contribution in [2.75, 3.05) is 0 Å². The molecule has 0 spiro atoms. The second-order valence-electron chi connectivity index (χ2n) is 4.39. The second-order valence-corrected chi connectivity index (χ2v) is 5.91. The number of benzene rings is 2. The van der Waals surface area contributed by atoms with Crippen LogP contribution in [0.15, 0.2) is 24.3 Å². The summed E-state index contributed by atoms with van der Waals surface area (Å²) >= 11 is -2.58. The quantitative estimate of drug-likeness (QED) is 0.514. The van der Waals surface area contributed by atoms with Gasteiger partial charge in [0.25, 0.3) is 0 Å². The number of halogens is 7. The Bertz CT molecular complexity index is 810. The third-order valence-corrected chi connectivity index (χ3v) is 4.58. The summed E-state index contributed by atoms with van der Waals surface area (Å²) in [7, 11) is 0. The van der Waals surface area contributed by atoms with E-state index in [1.54, 1.807) is 0 Å². The van der Waals surface area contributed by atoms with Gasteiger partial charge in [-0.05, 0) is 22.9 Å². The highest BCUT2D eigenvalue weighted by Crippen LogP contribution is 2.42. The molecule has 0 bridgehead atoms. The highest BCUT2D eigenvalue weighted by molar-refractivity contribution is 14.1. The van der Waals surface area contributed by atoms with E-state index >= 15 is 0 Å². The molecule has 0 aliphatic heterocycles. The maximum absolute atomic E-state index is 13.0. The first kappa shape index (κ1) is 17.6. The van der Waals surface area contributed by atoms with E-state index in [9.17, 15) is 34.2 Å². The number of carbonyl (C=O) groups is 1. The molecule has 2 aromatic carbocycles. The summed E-state index contributed by atoms with van der Waals surface area (Å²) in [6.45, 7) is 0. The first-order valence-electron chi connectivity index (χ1n) is 5.73. The van der Waals surface area contributed by atoms with Gasteiger partial charge in [-0.15, -0.1) is 0 Å². The number of carboxylic acid groups (broad SMARTS) is 1. The minimum atomic E-state index is -5.13. The minimum absolute atomic E-state index is 0.206. The molecule has 10 heteroatoms. The molecule has 0 aliphatic rings. The molecule has 23 heavy (non-hydrogen) atoms. The zero-order valence-electron chi connectivity index (χ0n) is 10.7. The van der Waals surface area contributed by atoms with Crippen molar-refractivity contribution in [1.82, 2.24) is 0 Å². The Hall–Kier alpha value is -1.72. The molecule has 0 radical (unpaired) electrons. The number of aromatic carboxylic acids is 1. The lowest BCUT2D eigenvalue weighted by Gasteiger charge is -2.16.